The number of rotatable bonds is 2. The summed E-state index contributed by atoms with van der Waals surface area (Å²) in [5.74, 6) is 0.621. The van der Waals surface area contributed by atoms with Crippen molar-refractivity contribution in [1.29, 1.82) is 0 Å². The minimum Gasteiger partial charge on any atom is -0.487 e. The van der Waals surface area contributed by atoms with Gasteiger partial charge in [-0.3, -0.25) is 14.2 Å². The highest BCUT2D eigenvalue weighted by molar-refractivity contribution is 6.03. The number of fused-ring (bicyclic) bond motifs is 2. The van der Waals surface area contributed by atoms with E-state index in [0.29, 0.717) is 18.9 Å². The first-order valence-corrected chi connectivity index (χ1v) is 7.99. The molecular weight excluding hydrogens is 306 g/mol. The van der Waals surface area contributed by atoms with Gasteiger partial charge in [0.25, 0.3) is 11.1 Å². The fourth-order valence-electron chi connectivity index (χ4n) is 3.63. The molecule has 0 aliphatic carbocycles. The molecule has 24 heavy (non-hydrogen) atoms. The van der Waals surface area contributed by atoms with Crippen molar-refractivity contribution < 1.29 is 4.74 Å². The van der Waals surface area contributed by atoms with E-state index >= 15 is 0 Å². The first-order valence-electron chi connectivity index (χ1n) is 7.99. The molecule has 6 nitrogen and oxygen atoms in total. The second-order valence-corrected chi connectivity index (χ2v) is 6.33. The summed E-state index contributed by atoms with van der Waals surface area (Å²) < 4.78 is 9.44. The molecule has 4 rings (SSSR count). The van der Waals surface area contributed by atoms with Crippen molar-refractivity contribution in [2.24, 2.45) is 7.05 Å². The van der Waals surface area contributed by atoms with E-state index in [4.69, 9.17) is 4.74 Å². The van der Waals surface area contributed by atoms with Crippen LogP contribution in [0.1, 0.15) is 11.6 Å². The van der Waals surface area contributed by atoms with E-state index in [0.717, 1.165) is 27.4 Å². The molecule has 1 aromatic carbocycles. The average Bonchev–Trinajstić information content (AvgIpc) is 2.56. The van der Waals surface area contributed by atoms with Gasteiger partial charge < -0.3 is 14.6 Å². The second-order valence-electron chi connectivity index (χ2n) is 6.33. The number of nitrogens with one attached hydrogen (secondary N) is 1. The van der Waals surface area contributed by atoms with Gasteiger partial charge in [-0.2, -0.15) is 0 Å². The number of hydrogen-bond acceptors (Lipinski definition) is 4. The molecule has 1 atom stereocenters. The number of aryl methyl sites for hydroxylation is 2. The molecule has 0 spiro atoms. The monoisotopic (exact) mass is 325 g/mol. The Morgan fingerprint density at radius 2 is 2.00 bits per heavy atom. The SMILES string of the molecule is CNCC1COc2c3c(cc4ccc(=O)n1c24)c(C)cc(=O)n3C. The summed E-state index contributed by atoms with van der Waals surface area (Å²) in [6, 6.07) is 7.02. The number of pyridine rings is 2. The van der Waals surface area contributed by atoms with Crippen molar-refractivity contribution in [3.8, 4) is 5.75 Å². The minimum absolute atomic E-state index is 0.0516. The maximum absolute atomic E-state index is 12.5. The largest absolute Gasteiger partial charge is 0.487 e. The zero-order chi connectivity index (χ0) is 17.0. The van der Waals surface area contributed by atoms with E-state index in [1.807, 2.05) is 26.1 Å². The Labute approximate surface area is 138 Å². The van der Waals surface area contributed by atoms with Crippen LogP contribution in [0.25, 0.3) is 21.8 Å². The lowest BCUT2D eigenvalue weighted by atomic mass is 10.0. The smallest absolute Gasteiger partial charge is 0.251 e. The van der Waals surface area contributed by atoms with Crippen LogP contribution in [0.15, 0.2) is 33.9 Å². The highest BCUT2D eigenvalue weighted by atomic mass is 16.5. The second kappa shape index (κ2) is 5.21. The zero-order valence-electron chi connectivity index (χ0n) is 13.9. The van der Waals surface area contributed by atoms with Crippen molar-refractivity contribution >= 4 is 21.8 Å². The molecule has 2 aromatic heterocycles. The van der Waals surface area contributed by atoms with Crippen LogP contribution < -0.4 is 21.2 Å². The summed E-state index contributed by atoms with van der Waals surface area (Å²) in [6.07, 6.45) is 0. The van der Waals surface area contributed by atoms with E-state index < -0.39 is 0 Å². The maximum atomic E-state index is 12.5. The third kappa shape index (κ3) is 1.93. The summed E-state index contributed by atoms with van der Waals surface area (Å²) in [4.78, 5) is 24.7. The molecule has 3 heterocycles. The quantitative estimate of drug-likeness (QED) is 0.722. The Balaban J connectivity index is 2.24. The number of nitrogens with zero attached hydrogens (tertiary/aromatic N) is 2. The molecule has 1 aliphatic rings. The fourth-order valence-corrected chi connectivity index (χ4v) is 3.63. The van der Waals surface area contributed by atoms with Crippen LogP contribution in [-0.4, -0.2) is 29.3 Å². The van der Waals surface area contributed by atoms with Gasteiger partial charge in [-0.25, -0.2) is 0 Å². The minimum atomic E-state index is -0.0821. The van der Waals surface area contributed by atoms with Crippen molar-refractivity contribution in [1.82, 2.24) is 14.5 Å². The van der Waals surface area contributed by atoms with Crippen molar-refractivity contribution in [2.75, 3.05) is 20.2 Å². The van der Waals surface area contributed by atoms with Gasteiger partial charge in [0.1, 0.15) is 6.61 Å². The Morgan fingerprint density at radius 1 is 1.21 bits per heavy atom. The maximum Gasteiger partial charge on any atom is 0.251 e. The number of benzene rings is 1. The summed E-state index contributed by atoms with van der Waals surface area (Å²) in [7, 11) is 3.59. The summed E-state index contributed by atoms with van der Waals surface area (Å²) >= 11 is 0. The number of ether oxygens (including phenoxy) is 1. The molecule has 6 heteroatoms. The normalized spacial score (nSPS) is 16.5. The van der Waals surface area contributed by atoms with Crippen molar-refractivity contribution in [2.45, 2.75) is 13.0 Å². The van der Waals surface area contributed by atoms with Gasteiger partial charge in [-0.05, 0) is 31.7 Å². The molecule has 3 aromatic rings. The molecule has 0 amide bonds. The summed E-state index contributed by atoms with van der Waals surface area (Å²) in [5, 5.41) is 5.02. The van der Waals surface area contributed by atoms with Gasteiger partial charge in [-0.15, -0.1) is 0 Å². The third-order valence-corrected chi connectivity index (χ3v) is 4.80. The Kier molecular flexibility index (Phi) is 3.25. The molecule has 0 radical (unpaired) electrons. The van der Waals surface area contributed by atoms with Crippen LogP contribution in [0.4, 0.5) is 0 Å². The number of aromatic nitrogens is 2. The van der Waals surface area contributed by atoms with Crippen molar-refractivity contribution in [3.05, 3.63) is 50.5 Å². The van der Waals surface area contributed by atoms with E-state index in [-0.39, 0.29) is 17.2 Å². The van der Waals surface area contributed by atoms with Crippen LogP contribution in [0.5, 0.6) is 5.75 Å². The Morgan fingerprint density at radius 3 is 2.75 bits per heavy atom. The zero-order valence-corrected chi connectivity index (χ0v) is 13.9. The molecular formula is C18H19N3O3. The predicted octanol–water partition coefficient (Wildman–Crippen LogP) is 1.31. The van der Waals surface area contributed by atoms with Crippen LogP contribution in [0, 0.1) is 6.92 Å². The summed E-state index contributed by atoms with van der Waals surface area (Å²) in [6.45, 7) is 2.96. The molecule has 0 saturated heterocycles. The van der Waals surface area contributed by atoms with E-state index in [2.05, 4.69) is 5.32 Å². The first kappa shape index (κ1) is 15.0. The van der Waals surface area contributed by atoms with Crippen LogP contribution >= 0.6 is 0 Å². The average molecular weight is 325 g/mol. The summed E-state index contributed by atoms with van der Waals surface area (Å²) in [5.41, 5.74) is 2.28. The topological polar surface area (TPSA) is 65.3 Å². The van der Waals surface area contributed by atoms with Gasteiger partial charge in [-0.1, -0.05) is 0 Å². The molecule has 0 saturated carbocycles. The van der Waals surface area contributed by atoms with Gasteiger partial charge >= 0.3 is 0 Å². The first-order chi connectivity index (χ1) is 11.5. The third-order valence-electron chi connectivity index (χ3n) is 4.80. The molecule has 124 valence electrons. The molecule has 0 fully saturated rings. The predicted molar refractivity (Wildman–Crippen MR) is 94.2 cm³/mol. The van der Waals surface area contributed by atoms with Crippen LogP contribution in [0.3, 0.4) is 0 Å². The van der Waals surface area contributed by atoms with E-state index in [9.17, 15) is 9.59 Å². The standard InChI is InChI=1S/C18H19N3O3/c1-10-6-15(23)20(3)17-13(10)7-11-4-5-14(22)21-12(8-19-2)9-24-18(17)16(11)21/h4-7,12,19H,8-9H2,1-3H3. The molecule has 1 unspecified atom stereocenters. The highest BCUT2D eigenvalue weighted by Crippen LogP contribution is 2.38. The van der Waals surface area contributed by atoms with Gasteiger partial charge in [0.2, 0.25) is 0 Å². The van der Waals surface area contributed by atoms with Gasteiger partial charge in [0, 0.05) is 36.5 Å². The van der Waals surface area contributed by atoms with Crippen LogP contribution in [0.2, 0.25) is 0 Å². The lowest BCUT2D eigenvalue weighted by Gasteiger charge is -2.29. The van der Waals surface area contributed by atoms with Crippen molar-refractivity contribution in [3.63, 3.8) is 0 Å². The Hall–Kier alpha value is -2.60. The van der Waals surface area contributed by atoms with Crippen LogP contribution in [-0.2, 0) is 7.05 Å². The number of likely N-dealkylation sites (N-methyl/N-ethyl adjacent to an activating group) is 1. The molecule has 0 bridgehead atoms. The lowest BCUT2D eigenvalue weighted by molar-refractivity contribution is 0.233. The van der Waals surface area contributed by atoms with Gasteiger partial charge in [0.05, 0.1) is 17.1 Å². The molecule has 1 aliphatic heterocycles. The molecule has 1 N–H and O–H groups in total. The highest BCUT2D eigenvalue weighted by Gasteiger charge is 2.26. The fraction of sp³-hybridized carbons (Fsp3) is 0.333. The lowest BCUT2D eigenvalue weighted by Crippen LogP contribution is -2.37. The van der Waals surface area contributed by atoms with E-state index in [1.165, 1.54) is 0 Å². The van der Waals surface area contributed by atoms with E-state index in [1.54, 1.807) is 28.3 Å². The number of hydrogen-bond donors (Lipinski definition) is 1. The Bertz CT molecular complexity index is 1090. The van der Waals surface area contributed by atoms with Gasteiger partial charge in [0.15, 0.2) is 5.75 Å².